The van der Waals surface area contributed by atoms with Gasteiger partial charge in [-0.3, -0.25) is 0 Å². The van der Waals surface area contributed by atoms with Gasteiger partial charge in [0.1, 0.15) is 5.75 Å². The van der Waals surface area contributed by atoms with Gasteiger partial charge in [-0.2, -0.15) is 0 Å². The molecule has 1 aliphatic heterocycles. The van der Waals surface area contributed by atoms with Crippen molar-refractivity contribution >= 4 is 0 Å². The Hall–Kier alpha value is -1.06. The van der Waals surface area contributed by atoms with Crippen molar-refractivity contribution in [2.75, 3.05) is 32.8 Å². The van der Waals surface area contributed by atoms with E-state index in [4.69, 9.17) is 4.74 Å². The third-order valence-electron chi connectivity index (χ3n) is 4.27. The highest BCUT2D eigenvalue weighted by Gasteiger charge is 2.25. The fourth-order valence-corrected chi connectivity index (χ4v) is 2.90. The zero-order valence-electron chi connectivity index (χ0n) is 12.3. The molecule has 0 radical (unpaired) electrons. The summed E-state index contributed by atoms with van der Waals surface area (Å²) >= 11 is 0. The highest BCUT2D eigenvalue weighted by atomic mass is 16.5. The normalized spacial score (nSPS) is 23.1. The minimum absolute atomic E-state index is 0.825. The largest absolute Gasteiger partial charge is 0.494 e. The smallest absolute Gasteiger partial charge is 0.119 e. The minimum Gasteiger partial charge on any atom is -0.494 e. The lowest BCUT2D eigenvalue weighted by Gasteiger charge is -2.16. The first-order valence-electron chi connectivity index (χ1n) is 8.04. The molecule has 1 unspecified atom stereocenters. The van der Waals surface area contributed by atoms with Crippen molar-refractivity contribution in [3.63, 3.8) is 0 Å². The molecule has 1 atom stereocenters. The molecule has 20 heavy (non-hydrogen) atoms. The van der Waals surface area contributed by atoms with E-state index in [1.54, 1.807) is 0 Å². The molecular weight excluding hydrogens is 248 g/mol. The van der Waals surface area contributed by atoms with Gasteiger partial charge in [0.25, 0.3) is 0 Å². The van der Waals surface area contributed by atoms with E-state index in [1.165, 1.54) is 45.4 Å². The Bertz CT molecular complexity index is 391. The monoisotopic (exact) mass is 274 g/mol. The van der Waals surface area contributed by atoms with Crippen molar-refractivity contribution in [3.05, 3.63) is 30.3 Å². The summed E-state index contributed by atoms with van der Waals surface area (Å²) in [6.45, 7) is 5.76. The first-order chi connectivity index (χ1) is 9.90. The molecule has 2 fully saturated rings. The average molecular weight is 274 g/mol. The van der Waals surface area contributed by atoms with E-state index in [0.29, 0.717) is 0 Å². The van der Waals surface area contributed by atoms with Crippen molar-refractivity contribution in [3.8, 4) is 5.75 Å². The zero-order chi connectivity index (χ0) is 13.6. The molecular formula is C17H26N2O. The van der Waals surface area contributed by atoms with Gasteiger partial charge in [-0.25, -0.2) is 0 Å². The molecule has 1 N–H and O–H groups in total. The second-order valence-electron chi connectivity index (χ2n) is 6.15. The van der Waals surface area contributed by atoms with Crippen molar-refractivity contribution in [1.29, 1.82) is 0 Å². The van der Waals surface area contributed by atoms with Gasteiger partial charge in [0.2, 0.25) is 0 Å². The summed E-state index contributed by atoms with van der Waals surface area (Å²) in [6.07, 6.45) is 5.28. The minimum atomic E-state index is 0.825. The lowest BCUT2D eigenvalue weighted by molar-refractivity contribution is 0.258. The van der Waals surface area contributed by atoms with E-state index >= 15 is 0 Å². The summed E-state index contributed by atoms with van der Waals surface area (Å²) in [5.74, 6) is 1.85. The molecule has 3 rings (SSSR count). The van der Waals surface area contributed by atoms with Crippen molar-refractivity contribution < 1.29 is 4.74 Å². The molecule has 3 nitrogen and oxygen atoms in total. The number of hydrogen-bond acceptors (Lipinski definition) is 3. The standard InChI is InChI=1S/C17H26N2O/c1-2-5-17(6-3-1)20-12-4-10-19-11-9-15(14-19)13-18-16-7-8-16/h1-3,5-6,15-16,18H,4,7-14H2. The number of likely N-dealkylation sites (tertiary alicyclic amines) is 1. The van der Waals surface area contributed by atoms with E-state index in [0.717, 1.165) is 30.7 Å². The van der Waals surface area contributed by atoms with E-state index in [2.05, 4.69) is 10.2 Å². The van der Waals surface area contributed by atoms with Gasteiger partial charge in [0.05, 0.1) is 6.61 Å². The van der Waals surface area contributed by atoms with E-state index in [1.807, 2.05) is 30.3 Å². The number of para-hydroxylation sites is 1. The average Bonchev–Trinajstić information content (AvgIpc) is 3.21. The van der Waals surface area contributed by atoms with Crippen LogP contribution in [0.3, 0.4) is 0 Å². The number of benzene rings is 1. The molecule has 0 spiro atoms. The summed E-state index contributed by atoms with van der Waals surface area (Å²) < 4.78 is 5.74. The Labute approximate surface area is 122 Å². The lowest BCUT2D eigenvalue weighted by atomic mass is 10.1. The topological polar surface area (TPSA) is 24.5 Å². The Morgan fingerprint density at radius 3 is 2.80 bits per heavy atom. The van der Waals surface area contributed by atoms with E-state index in [9.17, 15) is 0 Å². The highest BCUT2D eigenvalue weighted by Crippen LogP contribution is 2.21. The summed E-state index contributed by atoms with van der Waals surface area (Å²) in [4.78, 5) is 2.59. The second-order valence-corrected chi connectivity index (χ2v) is 6.15. The Balaban J connectivity index is 1.25. The summed E-state index contributed by atoms with van der Waals surface area (Å²) in [5, 5.41) is 3.66. The van der Waals surface area contributed by atoms with Gasteiger partial charge in [0, 0.05) is 19.1 Å². The molecule has 0 amide bonds. The van der Waals surface area contributed by atoms with Gasteiger partial charge in [-0.15, -0.1) is 0 Å². The number of hydrogen-bond donors (Lipinski definition) is 1. The molecule has 1 saturated heterocycles. The third-order valence-corrected chi connectivity index (χ3v) is 4.27. The van der Waals surface area contributed by atoms with Crippen LogP contribution in [0.15, 0.2) is 30.3 Å². The fraction of sp³-hybridized carbons (Fsp3) is 0.647. The van der Waals surface area contributed by atoms with Crippen LogP contribution in [0.2, 0.25) is 0 Å². The van der Waals surface area contributed by atoms with Crippen LogP contribution < -0.4 is 10.1 Å². The van der Waals surface area contributed by atoms with Crippen molar-refractivity contribution in [2.45, 2.75) is 31.7 Å². The van der Waals surface area contributed by atoms with Crippen LogP contribution in [0.4, 0.5) is 0 Å². The van der Waals surface area contributed by atoms with E-state index in [-0.39, 0.29) is 0 Å². The number of ether oxygens (including phenoxy) is 1. The quantitative estimate of drug-likeness (QED) is 0.737. The van der Waals surface area contributed by atoms with Crippen molar-refractivity contribution in [1.82, 2.24) is 10.2 Å². The molecule has 1 saturated carbocycles. The lowest BCUT2D eigenvalue weighted by Crippen LogP contribution is -2.28. The van der Waals surface area contributed by atoms with Crippen LogP contribution >= 0.6 is 0 Å². The van der Waals surface area contributed by atoms with Crippen LogP contribution in [-0.2, 0) is 0 Å². The van der Waals surface area contributed by atoms with Crippen LogP contribution in [0.5, 0.6) is 5.75 Å². The maximum absolute atomic E-state index is 5.74. The van der Waals surface area contributed by atoms with Crippen LogP contribution in [0.25, 0.3) is 0 Å². The SMILES string of the molecule is c1ccc(OCCCN2CCC(CNC3CC3)C2)cc1. The van der Waals surface area contributed by atoms with Crippen molar-refractivity contribution in [2.24, 2.45) is 5.92 Å². The van der Waals surface area contributed by atoms with Gasteiger partial charge in [-0.05, 0) is 56.8 Å². The molecule has 110 valence electrons. The molecule has 3 heteroatoms. The van der Waals surface area contributed by atoms with E-state index < -0.39 is 0 Å². The molecule has 2 aliphatic rings. The highest BCUT2D eigenvalue weighted by molar-refractivity contribution is 5.20. The van der Waals surface area contributed by atoms with Crippen LogP contribution in [0.1, 0.15) is 25.7 Å². The molecule has 0 bridgehead atoms. The summed E-state index contributed by atoms with van der Waals surface area (Å²) in [7, 11) is 0. The maximum Gasteiger partial charge on any atom is 0.119 e. The molecule has 1 aromatic carbocycles. The number of nitrogens with one attached hydrogen (secondary N) is 1. The Kier molecular flexibility index (Phi) is 4.93. The third kappa shape index (κ3) is 4.50. The molecule has 1 heterocycles. The summed E-state index contributed by atoms with van der Waals surface area (Å²) in [5.41, 5.74) is 0. The van der Waals surface area contributed by atoms with Gasteiger partial charge < -0.3 is 15.0 Å². The van der Waals surface area contributed by atoms with Gasteiger partial charge in [0.15, 0.2) is 0 Å². The Morgan fingerprint density at radius 2 is 2.00 bits per heavy atom. The molecule has 0 aromatic heterocycles. The zero-order valence-corrected chi connectivity index (χ0v) is 12.3. The van der Waals surface area contributed by atoms with Gasteiger partial charge in [-0.1, -0.05) is 18.2 Å². The maximum atomic E-state index is 5.74. The molecule has 1 aliphatic carbocycles. The molecule has 1 aromatic rings. The first kappa shape index (κ1) is 13.9. The summed E-state index contributed by atoms with van der Waals surface area (Å²) in [6, 6.07) is 11.0. The van der Waals surface area contributed by atoms with Crippen LogP contribution in [-0.4, -0.2) is 43.7 Å². The Morgan fingerprint density at radius 1 is 1.15 bits per heavy atom. The first-order valence-corrected chi connectivity index (χ1v) is 8.04. The van der Waals surface area contributed by atoms with Gasteiger partial charge >= 0.3 is 0 Å². The fourth-order valence-electron chi connectivity index (χ4n) is 2.90. The predicted octanol–water partition coefficient (Wildman–Crippen LogP) is 2.53. The predicted molar refractivity (Wildman–Crippen MR) is 82.1 cm³/mol. The number of rotatable bonds is 8. The van der Waals surface area contributed by atoms with Crippen LogP contribution in [0, 0.1) is 5.92 Å². The second kappa shape index (κ2) is 7.09. The number of nitrogens with zero attached hydrogens (tertiary/aromatic N) is 1.